The van der Waals surface area contributed by atoms with Gasteiger partial charge in [0.15, 0.2) is 20.4 Å². The minimum absolute atomic E-state index is 0.00145. The summed E-state index contributed by atoms with van der Waals surface area (Å²) in [6.45, 7) is 5.03. The van der Waals surface area contributed by atoms with E-state index >= 15 is 0 Å². The molecule has 35 heavy (non-hydrogen) atoms. The number of benzene rings is 1. The van der Waals surface area contributed by atoms with Gasteiger partial charge in [0.25, 0.3) is 5.91 Å². The standard InChI is InChI=1S/C26H25N3O5S/c1-16-14-33-15-17(2)29(16)26(30)19-6-4-5-18(11-19)21-9-10-27-22-12-23(34-25(21)22)20-7-8-24(28-13-20)35(3,31)32/h4-13,16-17H,14-15H2,1-3H3. The SMILES string of the molecule is CC1COCC(C)N1C(=O)c1cccc(-c2ccnc3cc(-c4ccc(S(C)(=O)=O)nc4)oc23)c1. The largest absolute Gasteiger partial charge is 0.454 e. The lowest BCUT2D eigenvalue weighted by atomic mass is 10.0. The first-order valence-electron chi connectivity index (χ1n) is 11.3. The van der Waals surface area contributed by atoms with Crippen molar-refractivity contribution in [3.05, 3.63) is 66.5 Å². The fourth-order valence-electron chi connectivity index (χ4n) is 4.43. The highest BCUT2D eigenvalue weighted by Gasteiger charge is 2.30. The van der Waals surface area contributed by atoms with Gasteiger partial charge in [-0.15, -0.1) is 0 Å². The van der Waals surface area contributed by atoms with Crippen molar-refractivity contribution in [2.45, 2.75) is 31.0 Å². The molecule has 1 aromatic carbocycles. The number of aromatic nitrogens is 2. The summed E-state index contributed by atoms with van der Waals surface area (Å²) in [7, 11) is -3.39. The van der Waals surface area contributed by atoms with Crippen LogP contribution in [0.15, 0.2) is 70.4 Å². The molecule has 1 aliphatic rings. The fourth-order valence-corrected chi connectivity index (χ4v) is 4.99. The summed E-state index contributed by atoms with van der Waals surface area (Å²) in [5, 5.41) is 0.00145. The van der Waals surface area contributed by atoms with E-state index in [0.29, 0.717) is 41.2 Å². The molecule has 0 radical (unpaired) electrons. The van der Waals surface area contributed by atoms with Crippen LogP contribution in [0.1, 0.15) is 24.2 Å². The van der Waals surface area contributed by atoms with Crippen LogP contribution in [0.3, 0.4) is 0 Å². The number of amides is 1. The first-order valence-corrected chi connectivity index (χ1v) is 13.2. The molecule has 0 aliphatic carbocycles. The molecule has 1 aliphatic heterocycles. The fraction of sp³-hybridized carbons (Fsp3) is 0.269. The Morgan fingerprint density at radius 3 is 2.46 bits per heavy atom. The minimum atomic E-state index is -3.39. The van der Waals surface area contributed by atoms with E-state index in [-0.39, 0.29) is 23.0 Å². The van der Waals surface area contributed by atoms with E-state index in [2.05, 4.69) is 9.97 Å². The second kappa shape index (κ2) is 8.90. The topological polar surface area (TPSA) is 103 Å². The van der Waals surface area contributed by atoms with E-state index in [1.54, 1.807) is 18.3 Å². The number of hydrogen-bond donors (Lipinski definition) is 0. The number of ether oxygens (including phenoxy) is 1. The Morgan fingerprint density at radius 2 is 1.77 bits per heavy atom. The van der Waals surface area contributed by atoms with Crippen LogP contribution < -0.4 is 0 Å². The Morgan fingerprint density at radius 1 is 1.00 bits per heavy atom. The van der Waals surface area contributed by atoms with Crippen molar-refractivity contribution in [3.8, 4) is 22.5 Å². The molecule has 9 heteroatoms. The molecule has 2 atom stereocenters. The zero-order valence-corrected chi connectivity index (χ0v) is 20.5. The van der Waals surface area contributed by atoms with Crippen molar-refractivity contribution < 1.29 is 22.4 Å². The molecule has 0 saturated carbocycles. The number of carbonyl (C=O) groups is 1. The molecule has 3 aromatic heterocycles. The molecule has 0 N–H and O–H groups in total. The van der Waals surface area contributed by atoms with Gasteiger partial charge >= 0.3 is 0 Å². The monoisotopic (exact) mass is 491 g/mol. The number of fused-ring (bicyclic) bond motifs is 1. The van der Waals surface area contributed by atoms with Gasteiger partial charge in [-0.2, -0.15) is 0 Å². The van der Waals surface area contributed by atoms with E-state index < -0.39 is 9.84 Å². The Balaban J connectivity index is 1.51. The van der Waals surface area contributed by atoms with Crippen molar-refractivity contribution in [1.29, 1.82) is 0 Å². The summed E-state index contributed by atoms with van der Waals surface area (Å²) >= 11 is 0. The molecule has 2 unspecified atom stereocenters. The molecule has 8 nitrogen and oxygen atoms in total. The molecule has 0 bridgehead atoms. The summed E-state index contributed by atoms with van der Waals surface area (Å²) in [5.41, 5.74) is 4.10. The highest BCUT2D eigenvalue weighted by atomic mass is 32.2. The van der Waals surface area contributed by atoms with Crippen LogP contribution in [0.4, 0.5) is 0 Å². The first-order chi connectivity index (χ1) is 16.7. The summed E-state index contributed by atoms with van der Waals surface area (Å²) in [4.78, 5) is 23.7. The quantitative estimate of drug-likeness (QED) is 0.421. The summed E-state index contributed by atoms with van der Waals surface area (Å²) in [6.07, 6.45) is 4.28. The van der Waals surface area contributed by atoms with Crippen LogP contribution >= 0.6 is 0 Å². The zero-order valence-electron chi connectivity index (χ0n) is 19.6. The number of hydrogen-bond acceptors (Lipinski definition) is 7. The van der Waals surface area contributed by atoms with E-state index in [1.165, 1.54) is 12.3 Å². The van der Waals surface area contributed by atoms with Gasteiger partial charge in [-0.1, -0.05) is 12.1 Å². The third-order valence-electron chi connectivity index (χ3n) is 6.14. The van der Waals surface area contributed by atoms with Crippen LogP contribution in [0.5, 0.6) is 0 Å². The van der Waals surface area contributed by atoms with Crippen molar-refractivity contribution in [2.75, 3.05) is 19.5 Å². The molecule has 4 heterocycles. The second-order valence-electron chi connectivity index (χ2n) is 8.87. The molecule has 1 fully saturated rings. The third kappa shape index (κ3) is 4.44. The number of carbonyl (C=O) groups excluding carboxylic acids is 1. The van der Waals surface area contributed by atoms with Gasteiger partial charge in [0, 0.05) is 41.4 Å². The number of sulfone groups is 1. The van der Waals surface area contributed by atoms with Gasteiger partial charge < -0.3 is 14.1 Å². The molecule has 4 aromatic rings. The van der Waals surface area contributed by atoms with Gasteiger partial charge in [-0.3, -0.25) is 9.78 Å². The molecule has 0 spiro atoms. The highest BCUT2D eigenvalue weighted by Crippen LogP contribution is 2.34. The molecular weight excluding hydrogens is 466 g/mol. The van der Waals surface area contributed by atoms with Gasteiger partial charge in [0.1, 0.15) is 11.3 Å². The lowest BCUT2D eigenvalue weighted by molar-refractivity contribution is -0.0249. The van der Waals surface area contributed by atoms with Gasteiger partial charge in [0.05, 0.1) is 25.3 Å². The molecule has 180 valence electrons. The normalized spacial score (nSPS) is 18.7. The predicted molar refractivity (Wildman–Crippen MR) is 132 cm³/mol. The predicted octanol–water partition coefficient (Wildman–Crippen LogP) is 4.21. The average Bonchev–Trinajstić information content (AvgIpc) is 3.28. The Bertz CT molecular complexity index is 1500. The number of rotatable bonds is 4. The van der Waals surface area contributed by atoms with E-state index in [9.17, 15) is 13.2 Å². The van der Waals surface area contributed by atoms with Crippen molar-refractivity contribution in [3.63, 3.8) is 0 Å². The maximum absolute atomic E-state index is 13.3. The van der Waals surface area contributed by atoms with E-state index in [0.717, 1.165) is 17.4 Å². The van der Waals surface area contributed by atoms with E-state index in [4.69, 9.17) is 9.15 Å². The van der Waals surface area contributed by atoms with Crippen LogP contribution in [0.25, 0.3) is 33.6 Å². The third-order valence-corrected chi connectivity index (χ3v) is 7.14. The zero-order chi connectivity index (χ0) is 24.7. The molecule has 1 amide bonds. The van der Waals surface area contributed by atoms with Crippen LogP contribution in [0, 0.1) is 0 Å². The Hall–Kier alpha value is -3.56. The van der Waals surface area contributed by atoms with Gasteiger partial charge in [0.2, 0.25) is 0 Å². The van der Waals surface area contributed by atoms with E-state index in [1.807, 2.05) is 49.1 Å². The number of pyridine rings is 2. The second-order valence-corrected chi connectivity index (χ2v) is 10.8. The molecule has 1 saturated heterocycles. The van der Waals surface area contributed by atoms with Crippen molar-refractivity contribution in [2.24, 2.45) is 0 Å². The van der Waals surface area contributed by atoms with Crippen LogP contribution in [0.2, 0.25) is 0 Å². The Kier molecular flexibility index (Phi) is 5.90. The average molecular weight is 492 g/mol. The lowest BCUT2D eigenvalue weighted by Crippen LogP contribution is -2.52. The minimum Gasteiger partial charge on any atom is -0.454 e. The molecular formula is C26H25N3O5S. The summed E-state index contributed by atoms with van der Waals surface area (Å²) in [6, 6.07) is 14.2. The number of morpholine rings is 1. The maximum Gasteiger partial charge on any atom is 0.254 e. The van der Waals surface area contributed by atoms with Gasteiger partial charge in [-0.05, 0) is 49.7 Å². The van der Waals surface area contributed by atoms with Crippen molar-refractivity contribution >= 4 is 26.8 Å². The Labute approximate surface area is 203 Å². The van der Waals surface area contributed by atoms with Crippen molar-refractivity contribution in [1.82, 2.24) is 14.9 Å². The number of furan rings is 1. The molecule has 5 rings (SSSR count). The van der Waals surface area contributed by atoms with Crippen LogP contribution in [-0.2, 0) is 14.6 Å². The lowest BCUT2D eigenvalue weighted by Gasteiger charge is -2.38. The first kappa shape index (κ1) is 23.2. The highest BCUT2D eigenvalue weighted by molar-refractivity contribution is 7.90. The summed E-state index contributed by atoms with van der Waals surface area (Å²) in [5.74, 6) is 0.494. The number of nitrogens with zero attached hydrogens (tertiary/aromatic N) is 3. The van der Waals surface area contributed by atoms with Crippen LogP contribution in [-0.4, -0.2) is 60.7 Å². The smallest absolute Gasteiger partial charge is 0.254 e. The van der Waals surface area contributed by atoms with Gasteiger partial charge in [-0.25, -0.2) is 13.4 Å². The summed E-state index contributed by atoms with van der Waals surface area (Å²) < 4.78 is 35.1. The maximum atomic E-state index is 13.3.